The van der Waals surface area contributed by atoms with Gasteiger partial charge in [0.05, 0.1) is 23.3 Å². The summed E-state index contributed by atoms with van der Waals surface area (Å²) >= 11 is 12.0. The molecule has 1 aliphatic heterocycles. The first kappa shape index (κ1) is 20.0. The molecule has 0 bridgehead atoms. The van der Waals surface area contributed by atoms with E-state index in [0.717, 1.165) is 38.4 Å². The molecular formula is C22H20Cl2N2O3. The van der Waals surface area contributed by atoms with Crippen LogP contribution in [0.2, 0.25) is 10.0 Å². The topological polar surface area (TPSA) is 54.7 Å². The van der Waals surface area contributed by atoms with Gasteiger partial charge in [0, 0.05) is 30.9 Å². The van der Waals surface area contributed by atoms with Crippen LogP contribution in [0.1, 0.15) is 16.1 Å². The molecule has 1 fully saturated rings. The summed E-state index contributed by atoms with van der Waals surface area (Å²) in [6.07, 6.45) is 0. The number of hydrogen-bond donors (Lipinski definition) is 1. The lowest BCUT2D eigenvalue weighted by Crippen LogP contribution is -2.35. The lowest BCUT2D eigenvalue weighted by molar-refractivity contribution is 0.0342. The Kier molecular flexibility index (Phi) is 6.21. The second-order valence-corrected chi connectivity index (χ2v) is 7.65. The number of benzene rings is 2. The Morgan fingerprint density at radius 2 is 1.72 bits per heavy atom. The van der Waals surface area contributed by atoms with Crippen molar-refractivity contribution in [1.82, 2.24) is 4.90 Å². The van der Waals surface area contributed by atoms with Crippen LogP contribution in [0, 0.1) is 0 Å². The van der Waals surface area contributed by atoms with Crippen LogP contribution < -0.4 is 5.32 Å². The van der Waals surface area contributed by atoms with E-state index < -0.39 is 0 Å². The Hall–Kier alpha value is -2.31. The predicted octanol–water partition coefficient (Wildman–Crippen LogP) is 5.34. The quantitative estimate of drug-likeness (QED) is 0.593. The molecule has 29 heavy (non-hydrogen) atoms. The molecule has 1 amide bonds. The smallest absolute Gasteiger partial charge is 0.291 e. The number of anilines is 1. The maximum absolute atomic E-state index is 12.5. The lowest BCUT2D eigenvalue weighted by atomic mass is 10.2. The monoisotopic (exact) mass is 430 g/mol. The van der Waals surface area contributed by atoms with E-state index in [-0.39, 0.29) is 11.7 Å². The number of furan rings is 1. The van der Waals surface area contributed by atoms with Gasteiger partial charge in [-0.05, 0) is 48.0 Å². The summed E-state index contributed by atoms with van der Waals surface area (Å²) in [5.41, 5.74) is 2.67. The van der Waals surface area contributed by atoms with Crippen LogP contribution in [-0.4, -0.2) is 37.1 Å². The van der Waals surface area contributed by atoms with Gasteiger partial charge in [0.2, 0.25) is 0 Å². The highest BCUT2D eigenvalue weighted by molar-refractivity contribution is 6.42. The van der Waals surface area contributed by atoms with Crippen LogP contribution in [0.15, 0.2) is 59.0 Å². The van der Waals surface area contributed by atoms with Crippen molar-refractivity contribution >= 4 is 34.8 Å². The van der Waals surface area contributed by atoms with E-state index in [1.807, 2.05) is 24.3 Å². The highest BCUT2D eigenvalue weighted by atomic mass is 35.5. The summed E-state index contributed by atoms with van der Waals surface area (Å²) in [4.78, 5) is 14.9. The molecule has 0 spiro atoms. The molecule has 1 N–H and O–H groups in total. The van der Waals surface area contributed by atoms with Gasteiger partial charge < -0.3 is 14.5 Å². The van der Waals surface area contributed by atoms with Crippen LogP contribution in [-0.2, 0) is 11.3 Å². The first-order valence-electron chi connectivity index (χ1n) is 9.34. The molecule has 3 aromatic rings. The molecule has 0 atom stereocenters. The molecule has 7 heteroatoms. The van der Waals surface area contributed by atoms with Gasteiger partial charge in [0.1, 0.15) is 5.76 Å². The number of halogens is 2. The molecule has 1 aliphatic rings. The minimum absolute atomic E-state index is 0.225. The first-order valence-corrected chi connectivity index (χ1v) is 10.1. The summed E-state index contributed by atoms with van der Waals surface area (Å²) in [7, 11) is 0. The molecule has 0 aliphatic carbocycles. The summed E-state index contributed by atoms with van der Waals surface area (Å²) in [5.74, 6) is 0.468. The van der Waals surface area contributed by atoms with E-state index in [4.69, 9.17) is 32.4 Å². The Morgan fingerprint density at radius 1 is 0.966 bits per heavy atom. The van der Waals surface area contributed by atoms with Gasteiger partial charge in [0.15, 0.2) is 5.76 Å². The molecule has 2 heterocycles. The van der Waals surface area contributed by atoms with E-state index in [9.17, 15) is 4.79 Å². The fraction of sp³-hybridized carbons (Fsp3) is 0.227. The number of hydrogen-bond acceptors (Lipinski definition) is 4. The van der Waals surface area contributed by atoms with Gasteiger partial charge in [0.25, 0.3) is 5.91 Å². The lowest BCUT2D eigenvalue weighted by Gasteiger charge is -2.26. The SMILES string of the molecule is O=C(Nc1ccc(CN2CCOCC2)cc1)c1ccc(-c2ccc(Cl)c(Cl)c2)o1. The summed E-state index contributed by atoms with van der Waals surface area (Å²) in [6.45, 7) is 4.32. The zero-order valence-corrected chi connectivity index (χ0v) is 17.2. The minimum atomic E-state index is -0.308. The molecule has 2 aromatic carbocycles. The summed E-state index contributed by atoms with van der Waals surface area (Å²) < 4.78 is 11.1. The van der Waals surface area contributed by atoms with Crippen LogP contribution in [0.3, 0.4) is 0 Å². The Bertz CT molecular complexity index is 996. The predicted molar refractivity (Wildman–Crippen MR) is 115 cm³/mol. The van der Waals surface area contributed by atoms with E-state index in [0.29, 0.717) is 21.5 Å². The summed E-state index contributed by atoms with van der Waals surface area (Å²) in [6, 6.07) is 16.4. The largest absolute Gasteiger partial charge is 0.451 e. The molecule has 0 saturated carbocycles. The highest BCUT2D eigenvalue weighted by Crippen LogP contribution is 2.29. The molecule has 5 nitrogen and oxygen atoms in total. The maximum atomic E-state index is 12.5. The fourth-order valence-corrected chi connectivity index (χ4v) is 3.47. The van der Waals surface area contributed by atoms with Crippen LogP contribution in [0.5, 0.6) is 0 Å². The van der Waals surface area contributed by atoms with Crippen LogP contribution in [0.25, 0.3) is 11.3 Å². The third kappa shape index (κ3) is 5.00. The fourth-order valence-electron chi connectivity index (χ4n) is 3.17. The second-order valence-electron chi connectivity index (χ2n) is 6.83. The Morgan fingerprint density at radius 3 is 2.45 bits per heavy atom. The van der Waals surface area contributed by atoms with Crippen molar-refractivity contribution in [2.45, 2.75) is 6.54 Å². The number of ether oxygens (including phenoxy) is 1. The van der Waals surface area contributed by atoms with Crippen molar-refractivity contribution in [2.75, 3.05) is 31.6 Å². The van der Waals surface area contributed by atoms with Gasteiger partial charge in [-0.3, -0.25) is 9.69 Å². The maximum Gasteiger partial charge on any atom is 0.291 e. The van der Waals surface area contributed by atoms with E-state index in [1.165, 1.54) is 5.56 Å². The molecule has 0 unspecified atom stereocenters. The van der Waals surface area contributed by atoms with Crippen molar-refractivity contribution in [3.05, 3.63) is 76.0 Å². The second kappa shape index (κ2) is 9.01. The third-order valence-corrected chi connectivity index (χ3v) is 5.49. The van der Waals surface area contributed by atoms with Crippen molar-refractivity contribution in [3.63, 3.8) is 0 Å². The van der Waals surface area contributed by atoms with Crippen molar-refractivity contribution in [3.8, 4) is 11.3 Å². The molecule has 150 valence electrons. The van der Waals surface area contributed by atoms with Crippen molar-refractivity contribution in [1.29, 1.82) is 0 Å². The first-order chi connectivity index (χ1) is 14.1. The van der Waals surface area contributed by atoms with Gasteiger partial charge in [-0.25, -0.2) is 0 Å². The van der Waals surface area contributed by atoms with E-state index in [2.05, 4.69) is 10.2 Å². The van der Waals surface area contributed by atoms with E-state index in [1.54, 1.807) is 30.3 Å². The van der Waals surface area contributed by atoms with Gasteiger partial charge in [-0.2, -0.15) is 0 Å². The number of nitrogens with zero attached hydrogens (tertiary/aromatic N) is 1. The van der Waals surface area contributed by atoms with Gasteiger partial charge in [-0.1, -0.05) is 35.3 Å². The third-order valence-electron chi connectivity index (χ3n) is 4.76. The average molecular weight is 431 g/mol. The van der Waals surface area contributed by atoms with Gasteiger partial charge in [-0.15, -0.1) is 0 Å². The standard InChI is InChI=1S/C22H20Cl2N2O3/c23-18-6-3-16(13-19(18)24)20-7-8-21(29-20)22(27)25-17-4-1-15(2-5-17)14-26-9-11-28-12-10-26/h1-8,13H,9-12,14H2,(H,25,27). The number of amides is 1. The molecule has 4 rings (SSSR count). The zero-order valence-electron chi connectivity index (χ0n) is 15.7. The number of morpholine rings is 1. The summed E-state index contributed by atoms with van der Waals surface area (Å²) in [5, 5.41) is 3.76. The van der Waals surface area contributed by atoms with Crippen LogP contribution >= 0.6 is 23.2 Å². The zero-order chi connectivity index (χ0) is 20.2. The Labute approximate surface area is 179 Å². The minimum Gasteiger partial charge on any atom is -0.451 e. The van der Waals surface area contributed by atoms with E-state index >= 15 is 0 Å². The molecule has 0 radical (unpaired) electrons. The van der Waals surface area contributed by atoms with Crippen molar-refractivity contribution < 1.29 is 13.9 Å². The number of rotatable bonds is 5. The molecule has 1 aromatic heterocycles. The van der Waals surface area contributed by atoms with Crippen molar-refractivity contribution in [2.24, 2.45) is 0 Å². The highest BCUT2D eigenvalue weighted by Gasteiger charge is 2.14. The number of carbonyl (C=O) groups is 1. The average Bonchev–Trinajstić information content (AvgIpc) is 3.23. The normalized spacial score (nSPS) is 14.7. The number of carbonyl (C=O) groups excluding carboxylic acids is 1. The van der Waals surface area contributed by atoms with Gasteiger partial charge >= 0.3 is 0 Å². The molecule has 1 saturated heterocycles. The molecular weight excluding hydrogens is 411 g/mol. The number of nitrogens with one attached hydrogen (secondary N) is 1. The Balaban J connectivity index is 1.39. The van der Waals surface area contributed by atoms with Crippen LogP contribution in [0.4, 0.5) is 5.69 Å².